The Kier molecular flexibility index (Phi) is 12.2. The summed E-state index contributed by atoms with van der Waals surface area (Å²) in [4.78, 5) is 40.7. The lowest BCUT2D eigenvalue weighted by molar-refractivity contribution is -0.157. The number of likely N-dealkylation sites (tertiary alicyclic amines) is 1. The van der Waals surface area contributed by atoms with E-state index in [4.69, 9.17) is 4.74 Å². The largest absolute Gasteiger partial charge is 0.461 e. The molecule has 2 amide bonds. The van der Waals surface area contributed by atoms with Crippen molar-refractivity contribution in [1.29, 1.82) is 0 Å². The van der Waals surface area contributed by atoms with Crippen LogP contribution in [0.4, 0.5) is 0 Å². The van der Waals surface area contributed by atoms with Gasteiger partial charge in [0.1, 0.15) is 17.8 Å². The van der Waals surface area contributed by atoms with Crippen molar-refractivity contribution in [3.05, 3.63) is 60.3 Å². The first-order chi connectivity index (χ1) is 18.0. The molecule has 1 saturated heterocycles. The van der Waals surface area contributed by atoms with Gasteiger partial charge in [-0.3, -0.25) is 9.59 Å². The summed E-state index contributed by atoms with van der Waals surface area (Å²) in [5, 5.41) is 12.9. The van der Waals surface area contributed by atoms with E-state index in [0.29, 0.717) is 25.3 Å². The fourth-order valence-electron chi connectivity index (χ4n) is 5.03. The molecule has 7 nitrogen and oxygen atoms in total. The topological polar surface area (TPSA) is 95.9 Å². The molecule has 1 fully saturated rings. The third-order valence-electron chi connectivity index (χ3n) is 7.72. The van der Waals surface area contributed by atoms with Crippen LogP contribution in [0, 0.1) is 11.3 Å². The molecule has 210 valence electrons. The van der Waals surface area contributed by atoms with Crippen LogP contribution in [0.1, 0.15) is 78.7 Å². The average Bonchev–Trinajstić information content (AvgIpc) is 3.38. The third-order valence-corrected chi connectivity index (χ3v) is 7.72. The minimum absolute atomic E-state index is 0.0300. The minimum atomic E-state index is -1.33. The van der Waals surface area contributed by atoms with E-state index < -0.39 is 29.9 Å². The molecular weight excluding hydrogens is 480 g/mol. The van der Waals surface area contributed by atoms with Gasteiger partial charge in [0.2, 0.25) is 0 Å². The molecule has 2 rings (SSSR count). The number of ether oxygens (including phenoxy) is 1. The summed E-state index contributed by atoms with van der Waals surface area (Å²) >= 11 is 0. The molecule has 0 bridgehead atoms. The molecule has 4 unspecified atom stereocenters. The number of hydrogen-bond donors (Lipinski definition) is 2. The van der Waals surface area contributed by atoms with E-state index in [0.717, 1.165) is 31.2 Å². The van der Waals surface area contributed by atoms with Gasteiger partial charge in [0.05, 0.1) is 6.10 Å². The number of aliphatic hydroxyl groups excluding tert-OH is 1. The summed E-state index contributed by atoms with van der Waals surface area (Å²) in [5.74, 6) is -1.17. The Morgan fingerprint density at radius 1 is 1.24 bits per heavy atom. The predicted octanol–water partition coefficient (Wildman–Crippen LogP) is 4.94. The molecule has 0 spiro atoms. The Morgan fingerprint density at radius 3 is 2.53 bits per heavy atom. The zero-order valence-electron chi connectivity index (χ0n) is 23.7. The van der Waals surface area contributed by atoms with E-state index in [-0.39, 0.29) is 23.6 Å². The fourth-order valence-corrected chi connectivity index (χ4v) is 5.03. The van der Waals surface area contributed by atoms with E-state index in [1.165, 1.54) is 17.1 Å². The van der Waals surface area contributed by atoms with E-state index in [9.17, 15) is 19.5 Å². The van der Waals surface area contributed by atoms with E-state index >= 15 is 0 Å². The van der Waals surface area contributed by atoms with Crippen LogP contribution in [0.15, 0.2) is 54.8 Å². The maximum atomic E-state index is 13.4. The highest BCUT2D eigenvalue weighted by Crippen LogP contribution is 2.37. The predicted molar refractivity (Wildman–Crippen MR) is 150 cm³/mol. The van der Waals surface area contributed by atoms with Crippen LogP contribution in [-0.4, -0.2) is 52.6 Å². The molecular formula is C31H46N2O5. The first kappa shape index (κ1) is 31.3. The standard InChI is InChI=1S/C31H46N2O5/c1-7-14-24(31(5,6)9-3)20-22(4)38-30(37)26-18-13-19-33(26)29(36)25(15-8-2)32-28(35)27(34)21-23-16-11-10-12-17-23/h8,10-12,15-17,22,24,26-27,34H,2,7,9,13-14,18-21H2,1,3-6H3,(H,32,35)/b25-15+. The third kappa shape index (κ3) is 8.83. The highest BCUT2D eigenvalue weighted by atomic mass is 16.5. The normalized spacial score (nSPS) is 18.4. The summed E-state index contributed by atoms with van der Waals surface area (Å²) < 4.78 is 5.86. The van der Waals surface area contributed by atoms with Crippen LogP contribution >= 0.6 is 0 Å². The summed E-state index contributed by atoms with van der Waals surface area (Å²) in [6.45, 7) is 14.8. The van der Waals surface area contributed by atoms with Crippen LogP contribution in [0.25, 0.3) is 0 Å². The van der Waals surface area contributed by atoms with Crippen LogP contribution in [0.3, 0.4) is 0 Å². The van der Waals surface area contributed by atoms with Crippen molar-refractivity contribution >= 4 is 17.8 Å². The summed E-state index contributed by atoms with van der Waals surface area (Å²) in [7, 11) is 0. The molecule has 0 aromatic heterocycles. The number of nitrogens with zero attached hydrogens (tertiary/aromatic N) is 1. The molecule has 0 radical (unpaired) electrons. The number of aliphatic hydroxyl groups is 1. The number of carbonyl (C=O) groups excluding carboxylic acids is 3. The van der Waals surface area contributed by atoms with Crippen molar-refractivity contribution < 1.29 is 24.2 Å². The Morgan fingerprint density at radius 2 is 1.92 bits per heavy atom. The SMILES string of the molecule is C=C/C=C(/NC(=O)C(O)Cc1ccccc1)C(=O)N1CCCC1C(=O)OC(C)CC(CCC)C(C)(C)CC. The second-order valence-corrected chi connectivity index (χ2v) is 11.0. The Labute approximate surface area is 228 Å². The van der Waals surface area contributed by atoms with E-state index in [1.807, 2.05) is 37.3 Å². The van der Waals surface area contributed by atoms with Gasteiger partial charge >= 0.3 is 5.97 Å². The van der Waals surface area contributed by atoms with Gasteiger partial charge in [-0.2, -0.15) is 0 Å². The first-order valence-electron chi connectivity index (χ1n) is 13.9. The Hall–Kier alpha value is -2.93. The first-order valence-corrected chi connectivity index (χ1v) is 13.9. The molecule has 1 aliphatic heterocycles. The van der Waals surface area contributed by atoms with Crippen molar-refractivity contribution in [1.82, 2.24) is 10.2 Å². The number of nitrogens with one attached hydrogen (secondary N) is 1. The Bertz CT molecular complexity index is 972. The van der Waals surface area contributed by atoms with Gasteiger partial charge in [0.15, 0.2) is 0 Å². The smallest absolute Gasteiger partial charge is 0.329 e. The molecule has 1 heterocycles. The zero-order chi connectivity index (χ0) is 28.3. The lowest BCUT2D eigenvalue weighted by atomic mass is 9.72. The number of esters is 1. The van der Waals surface area contributed by atoms with Crippen molar-refractivity contribution in [3.8, 4) is 0 Å². The molecule has 4 atom stereocenters. The number of rotatable bonds is 14. The number of allylic oxidation sites excluding steroid dienone is 2. The summed E-state index contributed by atoms with van der Waals surface area (Å²) in [6, 6.07) is 8.43. The van der Waals surface area contributed by atoms with Gasteiger partial charge in [0.25, 0.3) is 11.8 Å². The highest BCUT2D eigenvalue weighted by Gasteiger charge is 2.38. The van der Waals surface area contributed by atoms with Gasteiger partial charge in [-0.25, -0.2) is 4.79 Å². The monoisotopic (exact) mass is 526 g/mol. The van der Waals surface area contributed by atoms with Crippen molar-refractivity contribution in [2.45, 2.75) is 97.8 Å². The van der Waals surface area contributed by atoms with Gasteiger partial charge in [-0.1, -0.05) is 89.9 Å². The molecule has 1 aromatic rings. The van der Waals surface area contributed by atoms with Crippen molar-refractivity contribution in [2.24, 2.45) is 11.3 Å². The average molecular weight is 527 g/mol. The van der Waals surface area contributed by atoms with Crippen LogP contribution < -0.4 is 5.32 Å². The zero-order valence-corrected chi connectivity index (χ0v) is 23.7. The minimum Gasteiger partial charge on any atom is -0.461 e. The fraction of sp³-hybridized carbons (Fsp3) is 0.581. The molecule has 7 heteroatoms. The van der Waals surface area contributed by atoms with Gasteiger partial charge in [-0.05, 0) is 49.2 Å². The van der Waals surface area contributed by atoms with E-state index in [2.05, 4.69) is 39.6 Å². The van der Waals surface area contributed by atoms with Crippen molar-refractivity contribution in [2.75, 3.05) is 6.54 Å². The summed E-state index contributed by atoms with van der Waals surface area (Å²) in [6.07, 6.45) is 6.44. The second-order valence-electron chi connectivity index (χ2n) is 11.0. The molecule has 38 heavy (non-hydrogen) atoms. The number of amides is 2. The van der Waals surface area contributed by atoms with Crippen LogP contribution in [0.5, 0.6) is 0 Å². The lowest BCUT2D eigenvalue weighted by Gasteiger charge is -2.35. The maximum Gasteiger partial charge on any atom is 0.329 e. The second kappa shape index (κ2) is 14.9. The lowest BCUT2D eigenvalue weighted by Crippen LogP contribution is -2.47. The van der Waals surface area contributed by atoms with Gasteiger partial charge < -0.3 is 20.1 Å². The van der Waals surface area contributed by atoms with Crippen LogP contribution in [0.2, 0.25) is 0 Å². The maximum absolute atomic E-state index is 13.4. The quantitative estimate of drug-likeness (QED) is 0.203. The molecule has 0 saturated carbocycles. The molecule has 1 aliphatic rings. The van der Waals surface area contributed by atoms with Crippen molar-refractivity contribution in [3.63, 3.8) is 0 Å². The number of carbonyl (C=O) groups is 3. The number of benzene rings is 1. The molecule has 2 N–H and O–H groups in total. The summed E-state index contributed by atoms with van der Waals surface area (Å²) in [5.41, 5.74) is 0.924. The molecule has 1 aromatic carbocycles. The highest BCUT2D eigenvalue weighted by molar-refractivity contribution is 6.00. The Balaban J connectivity index is 2.05. The van der Waals surface area contributed by atoms with Gasteiger partial charge in [0, 0.05) is 13.0 Å². The molecule has 0 aliphatic carbocycles. The van der Waals surface area contributed by atoms with Crippen LogP contribution in [-0.2, 0) is 25.5 Å². The number of hydrogen-bond acceptors (Lipinski definition) is 5. The van der Waals surface area contributed by atoms with E-state index in [1.54, 1.807) is 0 Å². The van der Waals surface area contributed by atoms with Gasteiger partial charge in [-0.15, -0.1) is 0 Å².